The van der Waals surface area contributed by atoms with E-state index in [0.29, 0.717) is 13.2 Å². The first kappa shape index (κ1) is 21.7. The third kappa shape index (κ3) is 11.0. The first-order valence-corrected chi connectivity index (χ1v) is 8.57. The first-order valence-electron chi connectivity index (χ1n) is 8.57. The summed E-state index contributed by atoms with van der Waals surface area (Å²) >= 11 is 0. The number of esters is 1. The largest absolute Gasteiger partial charge is 0.464 e. The van der Waals surface area contributed by atoms with Gasteiger partial charge in [0.2, 0.25) is 0 Å². The summed E-state index contributed by atoms with van der Waals surface area (Å²) in [5.41, 5.74) is -0.560. The molecule has 23 heavy (non-hydrogen) atoms. The molecule has 0 aromatic heterocycles. The molecule has 0 aliphatic heterocycles. The summed E-state index contributed by atoms with van der Waals surface area (Å²) in [5.74, 6) is -0.401. The molecule has 0 heterocycles. The van der Waals surface area contributed by atoms with Crippen LogP contribution in [0.4, 0.5) is 4.79 Å². The minimum absolute atomic E-state index is 0.117. The second-order valence-corrected chi connectivity index (χ2v) is 8.31. The molecule has 1 atom stereocenters. The molecule has 5 nitrogen and oxygen atoms in total. The molecular formula is C18H35NO4. The second kappa shape index (κ2) is 9.78. The van der Waals surface area contributed by atoms with Gasteiger partial charge < -0.3 is 14.8 Å². The first-order chi connectivity index (χ1) is 10.5. The zero-order valence-corrected chi connectivity index (χ0v) is 16.0. The van der Waals surface area contributed by atoms with Gasteiger partial charge in [-0.15, -0.1) is 0 Å². The lowest BCUT2D eigenvalue weighted by molar-refractivity contribution is -0.149. The molecule has 0 aromatic rings. The summed E-state index contributed by atoms with van der Waals surface area (Å²) in [6, 6.07) is -0.721. The highest BCUT2D eigenvalue weighted by molar-refractivity contribution is 5.82. The molecule has 0 aliphatic carbocycles. The summed E-state index contributed by atoms with van der Waals surface area (Å²) in [6.45, 7) is 14.4. The molecule has 0 spiro atoms. The number of hydrogen-bond donors (Lipinski definition) is 1. The van der Waals surface area contributed by atoms with Crippen molar-refractivity contribution in [3.05, 3.63) is 0 Å². The maximum absolute atomic E-state index is 12.3. The van der Waals surface area contributed by atoms with Gasteiger partial charge in [0, 0.05) is 0 Å². The summed E-state index contributed by atoms with van der Waals surface area (Å²) in [6.07, 6.45) is 3.59. The van der Waals surface area contributed by atoms with E-state index in [-0.39, 0.29) is 5.41 Å². The van der Waals surface area contributed by atoms with E-state index < -0.39 is 23.5 Å². The normalized spacial score (nSPS) is 13.3. The van der Waals surface area contributed by atoms with Crippen LogP contribution in [0, 0.1) is 10.8 Å². The van der Waals surface area contributed by atoms with Crippen molar-refractivity contribution >= 4 is 12.1 Å². The van der Waals surface area contributed by atoms with Crippen LogP contribution in [-0.4, -0.2) is 31.3 Å². The zero-order valence-electron chi connectivity index (χ0n) is 16.0. The maximum atomic E-state index is 12.3. The van der Waals surface area contributed by atoms with Gasteiger partial charge in [0.25, 0.3) is 0 Å². The number of carbonyl (C=O) groups is 2. The Kier molecular flexibility index (Phi) is 9.25. The van der Waals surface area contributed by atoms with E-state index in [1.165, 1.54) is 0 Å². The zero-order chi connectivity index (χ0) is 18.1. The van der Waals surface area contributed by atoms with Crippen molar-refractivity contribution in [3.63, 3.8) is 0 Å². The van der Waals surface area contributed by atoms with Crippen LogP contribution in [0.15, 0.2) is 0 Å². The minimum Gasteiger partial charge on any atom is -0.464 e. The Morgan fingerprint density at radius 3 is 2.04 bits per heavy atom. The summed E-state index contributed by atoms with van der Waals surface area (Å²) < 4.78 is 10.5. The fourth-order valence-electron chi connectivity index (χ4n) is 1.86. The topological polar surface area (TPSA) is 64.6 Å². The Morgan fingerprint density at radius 2 is 1.57 bits per heavy atom. The molecular weight excluding hydrogens is 294 g/mol. The van der Waals surface area contributed by atoms with E-state index in [0.717, 1.165) is 25.7 Å². The fraction of sp³-hybridized carbons (Fsp3) is 0.889. The van der Waals surface area contributed by atoms with Crippen molar-refractivity contribution in [2.75, 3.05) is 13.2 Å². The highest BCUT2D eigenvalue weighted by atomic mass is 16.6. The SMILES string of the molecule is CCCCCCOC(=O)C(NC(=O)OCC(C)(C)C)C(C)(C)C. The van der Waals surface area contributed by atoms with Crippen molar-refractivity contribution in [2.45, 2.75) is 80.2 Å². The number of alkyl carbamates (subject to hydrolysis) is 1. The standard InChI is InChI=1S/C18H35NO4/c1-8-9-10-11-12-22-15(20)14(18(5,6)7)19-16(21)23-13-17(2,3)4/h14H,8-13H2,1-7H3,(H,19,21). The summed E-state index contributed by atoms with van der Waals surface area (Å²) in [4.78, 5) is 24.2. The smallest absolute Gasteiger partial charge is 0.407 e. The highest BCUT2D eigenvalue weighted by Gasteiger charge is 2.34. The van der Waals surface area contributed by atoms with Crippen LogP contribution in [0.2, 0.25) is 0 Å². The van der Waals surface area contributed by atoms with E-state index in [1.807, 2.05) is 41.5 Å². The van der Waals surface area contributed by atoms with Gasteiger partial charge in [0.05, 0.1) is 13.2 Å². The fourth-order valence-corrected chi connectivity index (χ4v) is 1.86. The van der Waals surface area contributed by atoms with Gasteiger partial charge in [-0.3, -0.25) is 0 Å². The van der Waals surface area contributed by atoms with Crippen molar-refractivity contribution in [3.8, 4) is 0 Å². The Hall–Kier alpha value is -1.26. The van der Waals surface area contributed by atoms with Crippen molar-refractivity contribution in [1.29, 1.82) is 0 Å². The Morgan fingerprint density at radius 1 is 0.957 bits per heavy atom. The predicted molar refractivity (Wildman–Crippen MR) is 92.3 cm³/mol. The van der Waals surface area contributed by atoms with Gasteiger partial charge in [0.1, 0.15) is 6.04 Å². The van der Waals surface area contributed by atoms with Crippen LogP contribution >= 0.6 is 0 Å². The molecule has 0 saturated carbocycles. The van der Waals surface area contributed by atoms with Crippen LogP contribution in [-0.2, 0) is 14.3 Å². The van der Waals surface area contributed by atoms with Crippen molar-refractivity contribution < 1.29 is 19.1 Å². The van der Waals surface area contributed by atoms with E-state index >= 15 is 0 Å². The van der Waals surface area contributed by atoms with Gasteiger partial charge in [0.15, 0.2) is 0 Å². The third-order valence-corrected chi connectivity index (χ3v) is 3.24. The number of hydrogen-bond acceptors (Lipinski definition) is 4. The maximum Gasteiger partial charge on any atom is 0.407 e. The molecule has 0 bridgehead atoms. The highest BCUT2D eigenvalue weighted by Crippen LogP contribution is 2.21. The van der Waals surface area contributed by atoms with Crippen molar-refractivity contribution in [1.82, 2.24) is 5.32 Å². The van der Waals surface area contributed by atoms with E-state index in [2.05, 4.69) is 12.2 Å². The van der Waals surface area contributed by atoms with E-state index in [1.54, 1.807) is 0 Å². The average molecular weight is 329 g/mol. The van der Waals surface area contributed by atoms with Crippen LogP contribution in [0.25, 0.3) is 0 Å². The minimum atomic E-state index is -0.721. The lowest BCUT2D eigenvalue weighted by atomic mass is 9.87. The van der Waals surface area contributed by atoms with Crippen LogP contribution < -0.4 is 5.32 Å². The molecule has 0 saturated heterocycles. The van der Waals surface area contributed by atoms with E-state index in [9.17, 15) is 9.59 Å². The molecule has 1 N–H and O–H groups in total. The molecule has 136 valence electrons. The molecule has 0 aromatic carbocycles. The van der Waals surface area contributed by atoms with Crippen LogP contribution in [0.5, 0.6) is 0 Å². The average Bonchev–Trinajstić information content (AvgIpc) is 2.40. The number of amides is 1. The quantitative estimate of drug-likeness (QED) is 0.533. The van der Waals surface area contributed by atoms with Gasteiger partial charge in [-0.05, 0) is 17.3 Å². The summed E-state index contributed by atoms with van der Waals surface area (Å²) in [7, 11) is 0. The Balaban J connectivity index is 4.47. The number of rotatable bonds is 8. The predicted octanol–water partition coefficient (Wildman–Crippen LogP) is 4.30. The lowest BCUT2D eigenvalue weighted by Gasteiger charge is -2.29. The van der Waals surface area contributed by atoms with Gasteiger partial charge in [-0.1, -0.05) is 67.7 Å². The van der Waals surface area contributed by atoms with Crippen molar-refractivity contribution in [2.24, 2.45) is 10.8 Å². The van der Waals surface area contributed by atoms with Gasteiger partial charge in [-0.25, -0.2) is 9.59 Å². The molecule has 1 amide bonds. The summed E-state index contributed by atoms with van der Waals surface area (Å²) in [5, 5.41) is 2.65. The van der Waals surface area contributed by atoms with Gasteiger partial charge in [-0.2, -0.15) is 0 Å². The van der Waals surface area contributed by atoms with Gasteiger partial charge >= 0.3 is 12.1 Å². The molecule has 0 fully saturated rings. The monoisotopic (exact) mass is 329 g/mol. The lowest BCUT2D eigenvalue weighted by Crippen LogP contribution is -2.50. The molecule has 0 aliphatic rings. The number of carbonyl (C=O) groups excluding carboxylic acids is 2. The number of ether oxygens (including phenoxy) is 2. The molecule has 5 heteroatoms. The third-order valence-electron chi connectivity index (χ3n) is 3.24. The molecule has 0 radical (unpaired) electrons. The van der Waals surface area contributed by atoms with Crippen LogP contribution in [0.1, 0.15) is 74.1 Å². The second-order valence-electron chi connectivity index (χ2n) is 8.31. The Labute approximate surface area is 141 Å². The van der Waals surface area contributed by atoms with E-state index in [4.69, 9.17) is 9.47 Å². The molecule has 1 unspecified atom stereocenters. The molecule has 0 rings (SSSR count). The Bertz CT molecular complexity index is 366. The number of unbranched alkanes of at least 4 members (excludes halogenated alkanes) is 3. The number of nitrogens with one attached hydrogen (secondary N) is 1. The van der Waals surface area contributed by atoms with Crippen LogP contribution in [0.3, 0.4) is 0 Å².